The van der Waals surface area contributed by atoms with Gasteiger partial charge >= 0.3 is 0 Å². The van der Waals surface area contributed by atoms with E-state index in [1.54, 1.807) is 36.4 Å². The van der Waals surface area contributed by atoms with E-state index in [9.17, 15) is 4.79 Å². The van der Waals surface area contributed by atoms with Gasteiger partial charge in [0.2, 0.25) is 0 Å². The Morgan fingerprint density at radius 2 is 1.84 bits per heavy atom. The molecule has 98 valence electrons. The van der Waals surface area contributed by atoms with Crippen molar-refractivity contribution in [1.82, 2.24) is 0 Å². The van der Waals surface area contributed by atoms with Gasteiger partial charge in [-0.1, -0.05) is 39.7 Å². The summed E-state index contributed by atoms with van der Waals surface area (Å²) in [4.78, 5) is 11.7. The Morgan fingerprint density at radius 3 is 2.53 bits per heavy atom. The summed E-state index contributed by atoms with van der Waals surface area (Å²) in [5.74, 6) is 0.383. The van der Waals surface area contributed by atoms with Crippen molar-refractivity contribution in [2.75, 3.05) is 11.9 Å². The third-order valence-corrected chi connectivity index (χ3v) is 3.19. The first-order valence-electron chi connectivity index (χ1n) is 5.58. The van der Waals surface area contributed by atoms with Gasteiger partial charge in [-0.15, -0.1) is 0 Å². The van der Waals surface area contributed by atoms with Gasteiger partial charge in [0.05, 0.1) is 10.7 Å². The molecule has 0 heterocycles. The highest BCUT2D eigenvalue weighted by Crippen LogP contribution is 2.20. The molecule has 3 nitrogen and oxygen atoms in total. The summed E-state index contributed by atoms with van der Waals surface area (Å²) in [5, 5.41) is 3.19. The van der Waals surface area contributed by atoms with E-state index in [0.717, 1.165) is 4.47 Å². The van der Waals surface area contributed by atoms with Crippen molar-refractivity contribution in [1.29, 1.82) is 0 Å². The van der Waals surface area contributed by atoms with Crippen LogP contribution >= 0.6 is 27.5 Å². The second-order valence-corrected chi connectivity index (χ2v) is 5.09. The van der Waals surface area contributed by atoms with Crippen molar-refractivity contribution in [2.45, 2.75) is 0 Å². The lowest BCUT2D eigenvalue weighted by molar-refractivity contribution is -0.118. The molecule has 2 aromatic carbocycles. The van der Waals surface area contributed by atoms with E-state index >= 15 is 0 Å². The molecule has 0 fully saturated rings. The normalized spacial score (nSPS) is 10.0. The molecule has 1 N–H and O–H groups in total. The molecule has 0 aliphatic carbocycles. The Bertz CT molecular complexity index is 572. The molecule has 0 saturated carbocycles. The third kappa shape index (κ3) is 4.26. The Morgan fingerprint density at radius 1 is 1.16 bits per heavy atom. The van der Waals surface area contributed by atoms with Crippen LogP contribution in [0.4, 0.5) is 5.69 Å². The number of para-hydroxylation sites is 1. The smallest absolute Gasteiger partial charge is 0.262 e. The Hall–Kier alpha value is -1.52. The lowest BCUT2D eigenvalue weighted by atomic mass is 10.3. The third-order valence-electron chi connectivity index (χ3n) is 2.33. The van der Waals surface area contributed by atoms with Gasteiger partial charge in [-0.3, -0.25) is 4.79 Å². The lowest BCUT2D eigenvalue weighted by Gasteiger charge is -2.08. The summed E-state index contributed by atoms with van der Waals surface area (Å²) in [7, 11) is 0. The number of ether oxygens (including phenoxy) is 1. The van der Waals surface area contributed by atoms with Crippen molar-refractivity contribution in [2.24, 2.45) is 0 Å². The summed E-state index contributed by atoms with van der Waals surface area (Å²) in [6, 6.07) is 14.3. The maximum Gasteiger partial charge on any atom is 0.262 e. The fourth-order valence-electron chi connectivity index (χ4n) is 1.43. The molecule has 0 aromatic heterocycles. The van der Waals surface area contributed by atoms with Gasteiger partial charge in [0.25, 0.3) is 5.91 Å². The average Bonchev–Trinajstić information content (AvgIpc) is 2.41. The molecule has 2 rings (SSSR count). The number of amides is 1. The van der Waals surface area contributed by atoms with Gasteiger partial charge in [-0.05, 0) is 36.4 Å². The monoisotopic (exact) mass is 339 g/mol. The van der Waals surface area contributed by atoms with E-state index in [-0.39, 0.29) is 12.5 Å². The highest BCUT2D eigenvalue weighted by molar-refractivity contribution is 9.10. The summed E-state index contributed by atoms with van der Waals surface area (Å²) < 4.78 is 6.32. The summed E-state index contributed by atoms with van der Waals surface area (Å²) in [6.07, 6.45) is 0. The quantitative estimate of drug-likeness (QED) is 0.909. The number of carbonyl (C=O) groups excluding carboxylic acids is 1. The second kappa shape index (κ2) is 6.59. The molecule has 0 unspecified atom stereocenters. The molecular formula is C14H11BrClNO2. The van der Waals surface area contributed by atoms with E-state index in [1.165, 1.54) is 0 Å². The molecule has 5 heteroatoms. The van der Waals surface area contributed by atoms with Gasteiger partial charge in [-0.2, -0.15) is 0 Å². The number of benzene rings is 2. The van der Waals surface area contributed by atoms with Crippen molar-refractivity contribution in [3.63, 3.8) is 0 Å². The van der Waals surface area contributed by atoms with Crippen LogP contribution in [-0.4, -0.2) is 12.5 Å². The van der Waals surface area contributed by atoms with Crippen LogP contribution in [0.5, 0.6) is 5.75 Å². The molecule has 0 radical (unpaired) electrons. The molecule has 0 spiro atoms. The molecule has 0 bridgehead atoms. The largest absolute Gasteiger partial charge is 0.484 e. The van der Waals surface area contributed by atoms with Crippen LogP contribution in [0.2, 0.25) is 5.02 Å². The Balaban J connectivity index is 1.88. The highest BCUT2D eigenvalue weighted by atomic mass is 79.9. The van der Waals surface area contributed by atoms with Gasteiger partial charge < -0.3 is 10.1 Å². The zero-order valence-electron chi connectivity index (χ0n) is 9.90. The highest BCUT2D eigenvalue weighted by Gasteiger charge is 2.06. The first-order chi connectivity index (χ1) is 9.15. The van der Waals surface area contributed by atoms with Crippen LogP contribution in [0.1, 0.15) is 0 Å². The van der Waals surface area contributed by atoms with E-state index in [4.69, 9.17) is 16.3 Å². The van der Waals surface area contributed by atoms with E-state index in [0.29, 0.717) is 16.5 Å². The zero-order valence-corrected chi connectivity index (χ0v) is 12.2. The number of hydrogen-bond acceptors (Lipinski definition) is 2. The van der Waals surface area contributed by atoms with Crippen LogP contribution in [0.15, 0.2) is 53.0 Å². The SMILES string of the molecule is O=C(COc1ccc(Br)cc1)Nc1ccccc1Cl. The van der Waals surface area contributed by atoms with Crippen molar-refractivity contribution in [3.05, 3.63) is 58.0 Å². The maximum absolute atomic E-state index is 11.7. The van der Waals surface area contributed by atoms with E-state index in [2.05, 4.69) is 21.2 Å². The standard InChI is InChI=1S/C14H11BrClNO2/c15-10-5-7-11(8-6-10)19-9-14(18)17-13-4-2-1-3-12(13)16/h1-8H,9H2,(H,17,18). The second-order valence-electron chi connectivity index (χ2n) is 3.77. The minimum absolute atomic E-state index is 0.0626. The molecule has 19 heavy (non-hydrogen) atoms. The first-order valence-corrected chi connectivity index (χ1v) is 6.75. The molecule has 1 amide bonds. The fourth-order valence-corrected chi connectivity index (χ4v) is 1.88. The topological polar surface area (TPSA) is 38.3 Å². The number of rotatable bonds is 4. The van der Waals surface area contributed by atoms with Crippen molar-refractivity contribution in [3.8, 4) is 5.75 Å². The first kappa shape index (κ1) is 13.9. The van der Waals surface area contributed by atoms with Crippen LogP contribution < -0.4 is 10.1 Å². The van der Waals surface area contributed by atoms with Gasteiger partial charge in [-0.25, -0.2) is 0 Å². The van der Waals surface area contributed by atoms with Crippen LogP contribution in [0.3, 0.4) is 0 Å². The predicted molar refractivity (Wildman–Crippen MR) is 79.7 cm³/mol. The summed E-state index contributed by atoms with van der Waals surface area (Å²) >= 11 is 9.27. The Labute approximate surface area is 124 Å². The van der Waals surface area contributed by atoms with Gasteiger partial charge in [0.15, 0.2) is 6.61 Å². The van der Waals surface area contributed by atoms with Crippen molar-refractivity contribution < 1.29 is 9.53 Å². The van der Waals surface area contributed by atoms with Crippen molar-refractivity contribution >= 4 is 39.1 Å². The van der Waals surface area contributed by atoms with Gasteiger partial charge in [0, 0.05) is 4.47 Å². The van der Waals surface area contributed by atoms with E-state index < -0.39 is 0 Å². The zero-order chi connectivity index (χ0) is 13.7. The fraction of sp³-hybridized carbons (Fsp3) is 0.0714. The van der Waals surface area contributed by atoms with Gasteiger partial charge in [0.1, 0.15) is 5.75 Å². The molecule has 0 saturated heterocycles. The number of hydrogen-bond donors (Lipinski definition) is 1. The minimum atomic E-state index is -0.254. The molecular weight excluding hydrogens is 330 g/mol. The van der Waals surface area contributed by atoms with Crippen LogP contribution in [0.25, 0.3) is 0 Å². The van der Waals surface area contributed by atoms with Crippen LogP contribution in [0, 0.1) is 0 Å². The lowest BCUT2D eigenvalue weighted by Crippen LogP contribution is -2.20. The number of carbonyl (C=O) groups is 1. The Kier molecular flexibility index (Phi) is 4.82. The minimum Gasteiger partial charge on any atom is -0.484 e. The predicted octanol–water partition coefficient (Wildman–Crippen LogP) is 4.12. The summed E-state index contributed by atoms with van der Waals surface area (Å²) in [6.45, 7) is -0.0626. The number of anilines is 1. The molecule has 0 aliphatic rings. The average molecular weight is 341 g/mol. The van der Waals surface area contributed by atoms with Crippen LogP contribution in [-0.2, 0) is 4.79 Å². The number of halogens is 2. The molecule has 0 aliphatic heterocycles. The summed E-state index contributed by atoms with van der Waals surface area (Å²) in [5.41, 5.74) is 0.577. The maximum atomic E-state index is 11.7. The number of nitrogens with one attached hydrogen (secondary N) is 1. The van der Waals surface area contributed by atoms with E-state index in [1.807, 2.05) is 12.1 Å². The molecule has 2 aromatic rings. The molecule has 0 atom stereocenters.